The van der Waals surface area contributed by atoms with Crippen molar-refractivity contribution in [3.63, 3.8) is 0 Å². The van der Waals surface area contributed by atoms with E-state index in [0.29, 0.717) is 30.3 Å². The Hall–Kier alpha value is -2.30. The molecule has 0 aliphatic rings. The van der Waals surface area contributed by atoms with Crippen molar-refractivity contribution in [3.05, 3.63) is 73.1 Å². The fourth-order valence-electron chi connectivity index (χ4n) is 5.43. The predicted octanol–water partition coefficient (Wildman–Crippen LogP) is 11.0. The molecule has 0 radical (unpaired) electrons. The van der Waals surface area contributed by atoms with Gasteiger partial charge in [-0.05, 0) is 76.7 Å². The van der Waals surface area contributed by atoms with Crippen molar-refractivity contribution in [3.8, 4) is 0 Å². The molecule has 0 rings (SSSR count). The van der Waals surface area contributed by atoms with Crippen LogP contribution in [0.4, 0.5) is 0 Å². The van der Waals surface area contributed by atoms with Crippen molar-refractivity contribution in [1.82, 2.24) is 0 Å². The Kier molecular flexibility index (Phi) is 36.4. The number of rotatable bonds is 39. The van der Waals surface area contributed by atoms with Crippen molar-refractivity contribution in [2.45, 2.75) is 167 Å². The van der Waals surface area contributed by atoms with Crippen LogP contribution in [0.3, 0.4) is 0 Å². The van der Waals surface area contributed by atoms with Gasteiger partial charge in [-0.25, -0.2) is 4.57 Å². The predicted molar refractivity (Wildman–Crippen MR) is 236 cm³/mol. The van der Waals surface area contributed by atoms with Crippen LogP contribution in [0.25, 0.3) is 0 Å². The normalized spacial score (nSPS) is 15.5. The van der Waals surface area contributed by atoms with Gasteiger partial charge in [-0.1, -0.05) is 132 Å². The lowest BCUT2D eigenvalue weighted by Gasteiger charge is -2.24. The summed E-state index contributed by atoms with van der Waals surface area (Å²) in [5.41, 5.74) is 0. The molecule has 0 fully saturated rings. The third kappa shape index (κ3) is 41.7. The Bertz CT molecular complexity index is 1170. The molecule has 0 aliphatic heterocycles. The lowest BCUT2D eigenvalue weighted by Crippen LogP contribution is -2.37. The number of nitrogens with zero attached hydrogens (tertiary/aromatic N) is 1. The number of carbonyl (C=O) groups excluding carboxylic acids is 1. The van der Waals surface area contributed by atoms with E-state index in [9.17, 15) is 24.5 Å². The van der Waals surface area contributed by atoms with Crippen LogP contribution in [0.15, 0.2) is 73.1 Å². The number of hydrogen-bond donors (Lipinski definition) is 3. The standard InChI is InChI=1S/C46H82NO9P/c1-6-8-10-12-14-15-16-17-18-19-20-21-22-23-27-31-39-53-45(42-56-57(51,52)55-40-38-47(3,4)5)41-54-46(50)37-32-36-44(49)35-30-26-25-29-34-43(48)33-28-24-13-11-9-7-2/h17-18,24-26,28-31,34-35,39,43-45,48-49H,6-16,19-23,27,32-33,36-38,40-42H2,1-5H3/p+1/b18-17-,26-25+,28-24-,34-29+,35-30-,39-31+/t43-,44-,45-/m1/s1. The van der Waals surface area contributed by atoms with Crippen LogP contribution < -0.4 is 0 Å². The summed E-state index contributed by atoms with van der Waals surface area (Å²) in [4.78, 5) is 22.7. The number of phosphoric ester groups is 1. The highest BCUT2D eigenvalue weighted by atomic mass is 31.2. The summed E-state index contributed by atoms with van der Waals surface area (Å²) in [6.45, 7) is 4.52. The van der Waals surface area contributed by atoms with Crippen LogP contribution in [0.1, 0.15) is 149 Å². The molecule has 0 aromatic heterocycles. The molecule has 4 atom stereocenters. The summed E-state index contributed by atoms with van der Waals surface area (Å²) in [5.74, 6) is -0.466. The summed E-state index contributed by atoms with van der Waals surface area (Å²) in [6, 6.07) is 0. The van der Waals surface area contributed by atoms with Gasteiger partial charge in [0.15, 0.2) is 6.10 Å². The number of esters is 1. The molecule has 1 unspecified atom stereocenters. The molecule has 0 amide bonds. The third-order valence-corrected chi connectivity index (χ3v) is 10.0. The number of aliphatic hydroxyl groups is 2. The summed E-state index contributed by atoms with van der Waals surface area (Å²) in [5, 5.41) is 20.3. The number of quaternary nitrogens is 1. The van der Waals surface area contributed by atoms with Crippen LogP contribution in [0.2, 0.25) is 0 Å². The average Bonchev–Trinajstić information content (AvgIpc) is 3.15. The molecule has 3 N–H and O–H groups in total. The molecule has 0 heterocycles. The lowest BCUT2D eigenvalue weighted by molar-refractivity contribution is -0.870. The van der Waals surface area contributed by atoms with Crippen LogP contribution in [-0.2, 0) is 27.9 Å². The number of carbonyl (C=O) groups is 1. The van der Waals surface area contributed by atoms with E-state index in [1.54, 1.807) is 36.5 Å². The molecule has 0 aromatic carbocycles. The van der Waals surface area contributed by atoms with Crippen molar-refractivity contribution in [2.75, 3.05) is 47.5 Å². The lowest BCUT2D eigenvalue weighted by atomic mass is 10.1. The van der Waals surface area contributed by atoms with Crippen LogP contribution in [0, 0.1) is 0 Å². The van der Waals surface area contributed by atoms with Gasteiger partial charge in [-0.15, -0.1) is 0 Å². The van der Waals surface area contributed by atoms with Gasteiger partial charge in [0.2, 0.25) is 0 Å². The van der Waals surface area contributed by atoms with Crippen molar-refractivity contribution >= 4 is 13.8 Å². The van der Waals surface area contributed by atoms with Gasteiger partial charge >= 0.3 is 13.8 Å². The second-order valence-electron chi connectivity index (χ2n) is 15.8. The Morgan fingerprint density at radius 1 is 0.649 bits per heavy atom. The molecule has 0 aromatic rings. The minimum Gasteiger partial charge on any atom is -0.492 e. The monoisotopic (exact) mass is 825 g/mol. The first-order valence-corrected chi connectivity index (χ1v) is 23.4. The van der Waals surface area contributed by atoms with Crippen molar-refractivity contribution < 1.29 is 47.5 Å². The fraction of sp³-hybridized carbons (Fsp3) is 0.717. The number of ether oxygens (including phenoxy) is 2. The molecule has 0 saturated carbocycles. The number of phosphoric acid groups is 1. The zero-order valence-electron chi connectivity index (χ0n) is 36.5. The minimum atomic E-state index is -4.33. The van der Waals surface area contributed by atoms with Gasteiger partial charge < -0.3 is 29.1 Å². The number of unbranched alkanes of at least 4 members (excludes halogenated alkanes) is 14. The van der Waals surface area contributed by atoms with Crippen molar-refractivity contribution in [2.24, 2.45) is 0 Å². The number of aliphatic hydroxyl groups excluding tert-OH is 2. The maximum atomic E-state index is 12.5. The maximum Gasteiger partial charge on any atom is 0.472 e. The molecular formula is C46H83NO9P+. The molecule has 11 heteroatoms. The molecule has 57 heavy (non-hydrogen) atoms. The minimum absolute atomic E-state index is 0.0447. The number of allylic oxidation sites excluding steroid dienone is 8. The summed E-state index contributed by atoms with van der Waals surface area (Å²) < 4.78 is 34.5. The second-order valence-corrected chi connectivity index (χ2v) is 17.3. The molecule has 0 aliphatic carbocycles. The number of hydrogen-bond acceptors (Lipinski definition) is 8. The molecule has 0 spiro atoms. The molecular weight excluding hydrogens is 741 g/mol. The highest BCUT2D eigenvalue weighted by Gasteiger charge is 2.25. The molecule has 0 bridgehead atoms. The first-order chi connectivity index (χ1) is 27.4. The third-order valence-electron chi connectivity index (χ3n) is 9.02. The smallest absolute Gasteiger partial charge is 0.472 e. The molecule has 0 saturated heterocycles. The highest BCUT2D eigenvalue weighted by molar-refractivity contribution is 7.47. The van der Waals surface area contributed by atoms with E-state index in [1.807, 2.05) is 33.3 Å². The number of likely N-dealkylation sites (N-methyl/N-ethyl adjacent to an activating group) is 1. The SMILES string of the molecule is CCCCC/C=C\C[C@@H](O)/C=C/C=C/C=C\[C@@H](O)CCCC(=O)OC[C@H](COP(=O)(O)OCC[N+](C)(C)C)O/C=C/CCCCCC/C=C\CCCCCCCC. The largest absolute Gasteiger partial charge is 0.492 e. The summed E-state index contributed by atoms with van der Waals surface area (Å²) >= 11 is 0. The van der Waals surface area contributed by atoms with Crippen molar-refractivity contribution in [1.29, 1.82) is 0 Å². The van der Waals surface area contributed by atoms with Crippen LogP contribution in [-0.4, -0.2) is 91.4 Å². The van der Waals surface area contributed by atoms with E-state index in [2.05, 4.69) is 32.1 Å². The first kappa shape index (κ1) is 54.7. The highest BCUT2D eigenvalue weighted by Crippen LogP contribution is 2.43. The zero-order valence-corrected chi connectivity index (χ0v) is 37.4. The average molecular weight is 825 g/mol. The first-order valence-electron chi connectivity index (χ1n) is 21.9. The Morgan fingerprint density at radius 2 is 1.18 bits per heavy atom. The van der Waals surface area contributed by atoms with E-state index >= 15 is 0 Å². The quantitative estimate of drug-likeness (QED) is 0.0105. The fourth-order valence-corrected chi connectivity index (χ4v) is 6.17. The van der Waals surface area contributed by atoms with Gasteiger partial charge in [0, 0.05) is 6.42 Å². The van der Waals surface area contributed by atoms with Gasteiger partial charge in [-0.2, -0.15) is 0 Å². The van der Waals surface area contributed by atoms with E-state index in [4.69, 9.17) is 18.5 Å². The second kappa shape index (κ2) is 37.9. The Morgan fingerprint density at radius 3 is 1.79 bits per heavy atom. The summed E-state index contributed by atoms with van der Waals surface area (Å²) in [6.07, 6.45) is 42.4. The maximum absolute atomic E-state index is 12.5. The van der Waals surface area contributed by atoms with Gasteiger partial charge in [0.1, 0.15) is 19.8 Å². The van der Waals surface area contributed by atoms with E-state index < -0.39 is 32.1 Å². The zero-order chi connectivity index (χ0) is 42.3. The molecule has 10 nitrogen and oxygen atoms in total. The Labute approximate surface area is 348 Å². The van der Waals surface area contributed by atoms with E-state index in [-0.39, 0.29) is 26.2 Å². The Balaban J connectivity index is 4.58. The topological polar surface area (TPSA) is 132 Å². The summed E-state index contributed by atoms with van der Waals surface area (Å²) in [7, 11) is 1.52. The molecule has 330 valence electrons. The van der Waals surface area contributed by atoms with Gasteiger partial charge in [-0.3, -0.25) is 13.8 Å². The van der Waals surface area contributed by atoms with Crippen LogP contribution in [0.5, 0.6) is 0 Å². The van der Waals surface area contributed by atoms with E-state index in [0.717, 1.165) is 32.1 Å². The van der Waals surface area contributed by atoms with E-state index in [1.165, 1.54) is 83.3 Å². The van der Waals surface area contributed by atoms with Gasteiger partial charge in [0.25, 0.3) is 0 Å². The van der Waals surface area contributed by atoms with Gasteiger partial charge in [0.05, 0.1) is 46.2 Å². The van der Waals surface area contributed by atoms with Crippen LogP contribution >= 0.6 is 7.82 Å².